The van der Waals surface area contributed by atoms with Gasteiger partial charge in [0.05, 0.1) is 0 Å². The Balaban J connectivity index is 2.13. The molecule has 1 nitrogen and oxygen atoms in total. The van der Waals surface area contributed by atoms with Crippen molar-refractivity contribution in [1.82, 2.24) is 0 Å². The Bertz CT molecular complexity index is 957. The maximum atomic E-state index is 6.18. The second-order valence-corrected chi connectivity index (χ2v) is 5.92. The molecule has 1 aliphatic rings. The fourth-order valence-corrected chi connectivity index (χ4v) is 3.21. The molecule has 1 heteroatoms. The predicted octanol–water partition coefficient (Wildman–Crippen LogP) is 4.07. The summed E-state index contributed by atoms with van der Waals surface area (Å²) >= 11 is 0. The van der Waals surface area contributed by atoms with E-state index < -0.39 is 0 Å². The molecule has 0 saturated carbocycles. The molecular weight excluding hydrogens is 256 g/mol. The third kappa shape index (κ3) is 2.01. The molecule has 3 aromatic rings. The van der Waals surface area contributed by atoms with Crippen LogP contribution in [0, 0.1) is 13.8 Å². The van der Waals surface area contributed by atoms with E-state index in [1.807, 2.05) is 0 Å². The molecule has 2 aromatic carbocycles. The Labute approximate surface area is 124 Å². The maximum Gasteiger partial charge on any atom is 0.143 e. The highest BCUT2D eigenvalue weighted by Gasteiger charge is 2.12. The molecule has 0 fully saturated rings. The van der Waals surface area contributed by atoms with Gasteiger partial charge < -0.3 is 4.42 Å². The lowest BCUT2D eigenvalue weighted by Crippen LogP contribution is -2.22. The number of hydrogen-bond donors (Lipinski definition) is 0. The predicted molar refractivity (Wildman–Crippen MR) is 88.5 cm³/mol. The lowest BCUT2D eigenvalue weighted by atomic mass is 9.98. The molecule has 0 unspecified atom stereocenters. The van der Waals surface area contributed by atoms with E-state index in [1.54, 1.807) is 0 Å². The van der Waals surface area contributed by atoms with Gasteiger partial charge in [0.2, 0.25) is 0 Å². The second-order valence-electron chi connectivity index (χ2n) is 5.92. The highest BCUT2D eigenvalue weighted by atomic mass is 16.3. The van der Waals surface area contributed by atoms with E-state index in [0.29, 0.717) is 0 Å². The summed E-state index contributed by atoms with van der Waals surface area (Å²) in [6.45, 7) is 4.29. The van der Waals surface area contributed by atoms with Gasteiger partial charge in [-0.05, 0) is 56.0 Å². The van der Waals surface area contributed by atoms with E-state index >= 15 is 0 Å². The van der Waals surface area contributed by atoms with Crippen LogP contribution in [-0.2, 0) is 0 Å². The quantitative estimate of drug-likeness (QED) is 0.652. The van der Waals surface area contributed by atoms with Crippen LogP contribution in [0.25, 0.3) is 34.2 Å². The SMILES string of the molecule is Cc1cccc(-c2cc(C)cc3c4c(oc23)=CCCC=4)c1. The van der Waals surface area contributed by atoms with Crippen LogP contribution in [0.15, 0.2) is 40.8 Å². The zero-order valence-electron chi connectivity index (χ0n) is 12.4. The first-order valence-electron chi connectivity index (χ1n) is 7.53. The summed E-state index contributed by atoms with van der Waals surface area (Å²) < 4.78 is 6.18. The van der Waals surface area contributed by atoms with E-state index in [0.717, 1.165) is 23.8 Å². The van der Waals surface area contributed by atoms with Crippen LogP contribution in [0.2, 0.25) is 0 Å². The molecule has 4 rings (SSSR count). The molecule has 0 amide bonds. The molecule has 21 heavy (non-hydrogen) atoms. The lowest BCUT2D eigenvalue weighted by Gasteiger charge is -2.05. The molecule has 0 N–H and O–H groups in total. The van der Waals surface area contributed by atoms with E-state index in [9.17, 15) is 0 Å². The van der Waals surface area contributed by atoms with Crippen molar-refractivity contribution in [1.29, 1.82) is 0 Å². The van der Waals surface area contributed by atoms with Gasteiger partial charge in [0.25, 0.3) is 0 Å². The van der Waals surface area contributed by atoms with Gasteiger partial charge in [-0.3, -0.25) is 0 Å². The van der Waals surface area contributed by atoms with Gasteiger partial charge in [-0.2, -0.15) is 0 Å². The monoisotopic (exact) mass is 274 g/mol. The summed E-state index contributed by atoms with van der Waals surface area (Å²) in [6.07, 6.45) is 6.70. The first kappa shape index (κ1) is 12.5. The van der Waals surface area contributed by atoms with Crippen molar-refractivity contribution >= 4 is 23.1 Å². The number of furan rings is 1. The van der Waals surface area contributed by atoms with Crippen LogP contribution in [0.4, 0.5) is 0 Å². The highest BCUT2D eigenvalue weighted by molar-refractivity contribution is 5.94. The highest BCUT2D eigenvalue weighted by Crippen LogP contribution is 2.29. The van der Waals surface area contributed by atoms with Gasteiger partial charge in [-0.1, -0.05) is 35.9 Å². The minimum Gasteiger partial charge on any atom is -0.456 e. The van der Waals surface area contributed by atoms with Gasteiger partial charge in [-0.25, -0.2) is 0 Å². The standard InChI is InChI=1S/C20H18O/c1-13-6-5-7-15(10-13)17-11-14(2)12-18-16-8-3-4-9-19(16)21-20(17)18/h5-12H,3-4H2,1-2H3. The van der Waals surface area contributed by atoms with Gasteiger partial charge in [0, 0.05) is 16.2 Å². The minimum atomic E-state index is 1.02. The molecule has 1 aliphatic carbocycles. The minimum absolute atomic E-state index is 1.02. The number of aryl methyl sites for hydroxylation is 2. The van der Waals surface area contributed by atoms with Crippen LogP contribution in [0.5, 0.6) is 0 Å². The molecule has 0 atom stereocenters. The van der Waals surface area contributed by atoms with E-state index in [-0.39, 0.29) is 0 Å². The summed E-state index contributed by atoms with van der Waals surface area (Å²) in [4.78, 5) is 0. The van der Waals surface area contributed by atoms with Crippen LogP contribution >= 0.6 is 0 Å². The smallest absolute Gasteiger partial charge is 0.143 e. The maximum absolute atomic E-state index is 6.18. The van der Waals surface area contributed by atoms with Crippen molar-refractivity contribution in [2.24, 2.45) is 0 Å². The number of hydrogen-bond acceptors (Lipinski definition) is 1. The fourth-order valence-electron chi connectivity index (χ4n) is 3.21. The van der Waals surface area contributed by atoms with Crippen molar-refractivity contribution in [3.05, 3.63) is 58.2 Å². The van der Waals surface area contributed by atoms with E-state index in [4.69, 9.17) is 4.42 Å². The molecule has 1 aromatic heterocycles. The van der Waals surface area contributed by atoms with Crippen LogP contribution in [0.1, 0.15) is 24.0 Å². The van der Waals surface area contributed by atoms with Crippen LogP contribution in [0.3, 0.4) is 0 Å². The molecule has 104 valence electrons. The number of rotatable bonds is 1. The molecular formula is C20H18O. The zero-order chi connectivity index (χ0) is 14.4. The third-order valence-corrected chi connectivity index (χ3v) is 4.17. The molecule has 0 bridgehead atoms. The summed E-state index contributed by atoms with van der Waals surface area (Å²) in [6, 6.07) is 13.1. The topological polar surface area (TPSA) is 13.1 Å². The van der Waals surface area contributed by atoms with Crippen molar-refractivity contribution in [3.8, 4) is 11.1 Å². The molecule has 0 spiro atoms. The fraction of sp³-hybridized carbons (Fsp3) is 0.200. The Morgan fingerprint density at radius 3 is 2.62 bits per heavy atom. The van der Waals surface area contributed by atoms with E-state index in [1.165, 1.54) is 32.9 Å². The Kier molecular flexibility index (Phi) is 2.75. The first-order chi connectivity index (χ1) is 10.2. The third-order valence-electron chi connectivity index (χ3n) is 4.17. The van der Waals surface area contributed by atoms with Crippen molar-refractivity contribution in [3.63, 3.8) is 0 Å². The average molecular weight is 274 g/mol. The number of fused-ring (bicyclic) bond motifs is 3. The zero-order valence-corrected chi connectivity index (χ0v) is 12.4. The van der Waals surface area contributed by atoms with Crippen LogP contribution in [-0.4, -0.2) is 0 Å². The average Bonchev–Trinajstić information content (AvgIpc) is 2.85. The first-order valence-corrected chi connectivity index (χ1v) is 7.53. The largest absolute Gasteiger partial charge is 0.456 e. The summed E-state index contributed by atoms with van der Waals surface area (Å²) in [5.41, 5.74) is 7.04. The van der Waals surface area contributed by atoms with Crippen LogP contribution < -0.4 is 10.6 Å². The Morgan fingerprint density at radius 2 is 1.76 bits per heavy atom. The van der Waals surface area contributed by atoms with E-state index in [2.05, 4.69) is 62.4 Å². The second kappa shape index (κ2) is 4.63. The van der Waals surface area contributed by atoms with Crippen molar-refractivity contribution in [2.75, 3.05) is 0 Å². The Morgan fingerprint density at radius 1 is 0.905 bits per heavy atom. The van der Waals surface area contributed by atoms with Gasteiger partial charge in [0.15, 0.2) is 0 Å². The summed E-state index contributed by atoms with van der Waals surface area (Å²) in [5.74, 6) is 0. The summed E-state index contributed by atoms with van der Waals surface area (Å²) in [7, 11) is 0. The molecule has 0 radical (unpaired) electrons. The van der Waals surface area contributed by atoms with Gasteiger partial charge in [-0.15, -0.1) is 0 Å². The number of benzene rings is 2. The lowest BCUT2D eigenvalue weighted by molar-refractivity contribution is 0.572. The van der Waals surface area contributed by atoms with Gasteiger partial charge in [0.1, 0.15) is 11.0 Å². The summed E-state index contributed by atoms with van der Waals surface area (Å²) in [5, 5.41) is 2.52. The molecule has 0 aliphatic heterocycles. The molecule has 1 heterocycles. The van der Waals surface area contributed by atoms with Gasteiger partial charge >= 0.3 is 0 Å². The molecule has 0 saturated heterocycles. The normalized spacial score (nSPS) is 13.6. The Hall–Kier alpha value is -2.28. The van der Waals surface area contributed by atoms with Crippen molar-refractivity contribution < 1.29 is 4.42 Å². The van der Waals surface area contributed by atoms with Crippen molar-refractivity contribution in [2.45, 2.75) is 26.7 Å².